The molecule has 0 saturated carbocycles. The minimum atomic E-state index is -0.212. The summed E-state index contributed by atoms with van der Waals surface area (Å²) >= 11 is 0. The van der Waals surface area contributed by atoms with Crippen molar-refractivity contribution >= 4 is 10.8 Å². The van der Waals surface area contributed by atoms with Crippen molar-refractivity contribution in [3.05, 3.63) is 42.2 Å². The maximum atomic E-state index is 13.1. The van der Waals surface area contributed by atoms with Crippen molar-refractivity contribution in [1.29, 1.82) is 0 Å². The van der Waals surface area contributed by atoms with Crippen LogP contribution in [0.2, 0.25) is 0 Å². The summed E-state index contributed by atoms with van der Waals surface area (Å²) in [6.45, 7) is 5.00. The summed E-state index contributed by atoms with van der Waals surface area (Å²) in [5.41, 5.74) is 0. The van der Waals surface area contributed by atoms with E-state index >= 15 is 0 Å². The molecule has 0 fully saturated rings. The van der Waals surface area contributed by atoms with E-state index in [1.165, 1.54) is 12.1 Å². The normalized spacial score (nSPS) is 12.6. The van der Waals surface area contributed by atoms with E-state index < -0.39 is 0 Å². The molecule has 0 heterocycles. The molecule has 0 aliphatic heterocycles. The number of ether oxygens (including phenoxy) is 1. The van der Waals surface area contributed by atoms with E-state index in [2.05, 4.69) is 13.8 Å². The third-order valence-electron chi connectivity index (χ3n) is 3.01. The third kappa shape index (κ3) is 2.96. The van der Waals surface area contributed by atoms with Crippen molar-refractivity contribution < 1.29 is 9.13 Å². The van der Waals surface area contributed by atoms with Gasteiger partial charge in [0.15, 0.2) is 0 Å². The van der Waals surface area contributed by atoms with Crippen LogP contribution in [0, 0.1) is 11.7 Å². The summed E-state index contributed by atoms with van der Waals surface area (Å²) in [6, 6.07) is 10.6. The highest BCUT2D eigenvalue weighted by Crippen LogP contribution is 2.22. The van der Waals surface area contributed by atoms with E-state index in [1.807, 2.05) is 18.2 Å². The Morgan fingerprint density at radius 3 is 2.65 bits per heavy atom. The minimum absolute atomic E-state index is 0.212. The highest BCUT2D eigenvalue weighted by molar-refractivity contribution is 5.83. The maximum absolute atomic E-state index is 13.1. The van der Waals surface area contributed by atoms with Gasteiger partial charge in [-0.3, -0.25) is 0 Å². The molecule has 17 heavy (non-hydrogen) atoms. The Hall–Kier alpha value is -1.57. The van der Waals surface area contributed by atoms with Crippen molar-refractivity contribution in [2.24, 2.45) is 5.92 Å². The van der Waals surface area contributed by atoms with Crippen LogP contribution >= 0.6 is 0 Å². The van der Waals surface area contributed by atoms with Crippen LogP contribution in [-0.2, 0) is 0 Å². The molecule has 0 spiro atoms. The number of hydrogen-bond donors (Lipinski definition) is 0. The first-order valence-electron chi connectivity index (χ1n) is 6.01. The molecule has 2 heteroatoms. The van der Waals surface area contributed by atoms with Gasteiger partial charge in [-0.05, 0) is 41.0 Å². The Labute approximate surface area is 101 Å². The first-order valence-corrected chi connectivity index (χ1v) is 6.01. The second kappa shape index (κ2) is 5.17. The molecule has 0 amide bonds. The van der Waals surface area contributed by atoms with Crippen molar-refractivity contribution in [3.8, 4) is 5.75 Å². The van der Waals surface area contributed by atoms with E-state index in [0.717, 1.165) is 22.9 Å². The number of rotatable bonds is 4. The molecule has 1 nitrogen and oxygen atoms in total. The molecule has 0 radical (unpaired) electrons. The number of hydrogen-bond acceptors (Lipinski definition) is 1. The van der Waals surface area contributed by atoms with E-state index in [4.69, 9.17) is 4.74 Å². The Bertz CT molecular complexity index is 507. The van der Waals surface area contributed by atoms with Crippen LogP contribution in [0.5, 0.6) is 5.75 Å². The van der Waals surface area contributed by atoms with E-state index in [0.29, 0.717) is 12.5 Å². The molecule has 0 bridgehead atoms. The van der Waals surface area contributed by atoms with Crippen LogP contribution in [0.4, 0.5) is 4.39 Å². The first-order chi connectivity index (χ1) is 8.19. The first kappa shape index (κ1) is 11.9. The summed E-state index contributed by atoms with van der Waals surface area (Å²) < 4.78 is 18.8. The molecule has 1 unspecified atom stereocenters. The minimum Gasteiger partial charge on any atom is -0.493 e. The smallest absolute Gasteiger partial charge is 0.123 e. The van der Waals surface area contributed by atoms with Gasteiger partial charge >= 0.3 is 0 Å². The zero-order chi connectivity index (χ0) is 12.3. The van der Waals surface area contributed by atoms with Gasteiger partial charge in [-0.15, -0.1) is 0 Å². The molecule has 0 aromatic heterocycles. The lowest BCUT2D eigenvalue weighted by molar-refractivity contribution is 0.257. The lowest BCUT2D eigenvalue weighted by atomic mass is 10.1. The lowest BCUT2D eigenvalue weighted by Crippen LogP contribution is -2.07. The Kier molecular flexibility index (Phi) is 3.62. The third-order valence-corrected chi connectivity index (χ3v) is 3.01. The zero-order valence-corrected chi connectivity index (χ0v) is 10.2. The topological polar surface area (TPSA) is 9.23 Å². The SMILES string of the molecule is CCC(C)COc1ccc2ccc(F)cc2c1. The highest BCUT2D eigenvalue weighted by atomic mass is 19.1. The Morgan fingerprint density at radius 2 is 1.88 bits per heavy atom. The van der Waals surface area contributed by atoms with Crippen LogP contribution in [0.25, 0.3) is 10.8 Å². The van der Waals surface area contributed by atoms with Gasteiger partial charge in [0.25, 0.3) is 0 Å². The van der Waals surface area contributed by atoms with Gasteiger partial charge in [-0.2, -0.15) is 0 Å². The van der Waals surface area contributed by atoms with Crippen molar-refractivity contribution in [2.45, 2.75) is 20.3 Å². The van der Waals surface area contributed by atoms with Gasteiger partial charge in [0.05, 0.1) is 6.61 Å². The van der Waals surface area contributed by atoms with Crippen LogP contribution < -0.4 is 4.74 Å². The quantitative estimate of drug-likeness (QED) is 0.759. The van der Waals surface area contributed by atoms with Crippen LogP contribution in [0.3, 0.4) is 0 Å². The largest absolute Gasteiger partial charge is 0.493 e. The standard InChI is InChI=1S/C15H17FO/c1-3-11(2)10-17-15-7-5-12-4-6-14(16)8-13(12)9-15/h4-9,11H,3,10H2,1-2H3. The summed E-state index contributed by atoms with van der Waals surface area (Å²) in [5.74, 6) is 1.14. The Morgan fingerprint density at radius 1 is 1.12 bits per heavy atom. The average Bonchev–Trinajstić information content (AvgIpc) is 2.35. The summed E-state index contributed by atoms with van der Waals surface area (Å²) in [5, 5.41) is 1.91. The lowest BCUT2D eigenvalue weighted by Gasteiger charge is -2.11. The van der Waals surface area contributed by atoms with E-state index in [1.54, 1.807) is 6.07 Å². The molecule has 0 aliphatic carbocycles. The molecular weight excluding hydrogens is 215 g/mol. The van der Waals surface area contributed by atoms with E-state index in [-0.39, 0.29) is 5.82 Å². The van der Waals surface area contributed by atoms with Gasteiger partial charge in [0.2, 0.25) is 0 Å². The fourth-order valence-electron chi connectivity index (χ4n) is 1.64. The van der Waals surface area contributed by atoms with Crippen LogP contribution in [-0.4, -0.2) is 6.61 Å². The molecule has 90 valence electrons. The predicted octanol–water partition coefficient (Wildman–Crippen LogP) is 4.40. The van der Waals surface area contributed by atoms with E-state index in [9.17, 15) is 4.39 Å². The molecule has 0 N–H and O–H groups in total. The Balaban J connectivity index is 2.19. The van der Waals surface area contributed by atoms with Crippen molar-refractivity contribution in [3.63, 3.8) is 0 Å². The summed E-state index contributed by atoms with van der Waals surface area (Å²) in [4.78, 5) is 0. The fourth-order valence-corrected chi connectivity index (χ4v) is 1.64. The molecule has 0 aliphatic rings. The van der Waals surface area contributed by atoms with Crippen LogP contribution in [0.15, 0.2) is 36.4 Å². The second-order valence-electron chi connectivity index (χ2n) is 4.48. The van der Waals surface area contributed by atoms with Crippen molar-refractivity contribution in [2.75, 3.05) is 6.61 Å². The van der Waals surface area contributed by atoms with Gasteiger partial charge in [0, 0.05) is 0 Å². The van der Waals surface area contributed by atoms with Crippen LogP contribution in [0.1, 0.15) is 20.3 Å². The molecule has 0 saturated heterocycles. The average molecular weight is 232 g/mol. The summed E-state index contributed by atoms with van der Waals surface area (Å²) in [7, 11) is 0. The maximum Gasteiger partial charge on any atom is 0.123 e. The van der Waals surface area contributed by atoms with Gasteiger partial charge in [-0.25, -0.2) is 4.39 Å². The number of fused-ring (bicyclic) bond motifs is 1. The van der Waals surface area contributed by atoms with Gasteiger partial charge in [-0.1, -0.05) is 32.4 Å². The van der Waals surface area contributed by atoms with Gasteiger partial charge < -0.3 is 4.74 Å². The monoisotopic (exact) mass is 232 g/mol. The molecule has 1 atom stereocenters. The highest BCUT2D eigenvalue weighted by Gasteiger charge is 2.02. The number of halogens is 1. The fraction of sp³-hybridized carbons (Fsp3) is 0.333. The van der Waals surface area contributed by atoms with Gasteiger partial charge in [0.1, 0.15) is 11.6 Å². The molecule has 2 aromatic carbocycles. The van der Waals surface area contributed by atoms with Crippen molar-refractivity contribution in [1.82, 2.24) is 0 Å². The predicted molar refractivity (Wildman–Crippen MR) is 68.9 cm³/mol. The molecule has 2 rings (SSSR count). The molecular formula is C15H17FO. The summed E-state index contributed by atoms with van der Waals surface area (Å²) in [6.07, 6.45) is 1.10. The number of benzene rings is 2. The second-order valence-corrected chi connectivity index (χ2v) is 4.48. The molecule has 2 aromatic rings. The zero-order valence-electron chi connectivity index (χ0n) is 10.2.